The smallest absolute Gasteiger partial charge is 0.291 e. The van der Waals surface area contributed by atoms with Crippen molar-refractivity contribution in [3.05, 3.63) is 23.5 Å². The molecule has 0 spiro atoms. The number of imidazole rings is 1. The first-order valence-corrected chi connectivity index (χ1v) is 13.2. The SMILES string of the molecule is CNC(=O)[C@@H]1CN(c2cc(S(=O)(=O)NC3(C)CC3)cn3c(-c4nnc(C(F)F)s4)cnc23)CCO1. The third-order valence-electron chi connectivity index (χ3n) is 6.04. The van der Waals surface area contributed by atoms with Crippen LogP contribution in [0.3, 0.4) is 0 Å². The molecule has 35 heavy (non-hydrogen) atoms. The van der Waals surface area contributed by atoms with Gasteiger partial charge in [0.05, 0.1) is 25.0 Å². The number of fused-ring (bicyclic) bond motifs is 1. The van der Waals surface area contributed by atoms with Crippen LogP contribution in [0.5, 0.6) is 0 Å². The lowest BCUT2D eigenvalue weighted by Crippen LogP contribution is -2.49. The summed E-state index contributed by atoms with van der Waals surface area (Å²) in [6.07, 6.45) is 0.785. The standard InChI is InChI=1S/C20H23F2N7O4S2/c1-20(3-4-20)27-35(31,32)11-7-12(28-5-6-33-14(10-28)17(30)23-2)16-24-8-13(29(16)9-11)18-25-26-19(34-18)15(21)22/h7-9,14-15,27H,3-6,10H2,1-2H3,(H,23,30)/t14-/m0/s1. The van der Waals surface area contributed by atoms with Crippen molar-refractivity contribution in [1.29, 1.82) is 0 Å². The van der Waals surface area contributed by atoms with E-state index in [1.54, 1.807) is 0 Å². The lowest BCUT2D eigenvalue weighted by Gasteiger charge is -2.34. The molecule has 11 nitrogen and oxygen atoms in total. The Morgan fingerprint density at radius 3 is 2.77 bits per heavy atom. The van der Waals surface area contributed by atoms with Gasteiger partial charge < -0.3 is 15.0 Å². The van der Waals surface area contributed by atoms with Gasteiger partial charge in [-0.25, -0.2) is 26.9 Å². The van der Waals surface area contributed by atoms with Crippen molar-refractivity contribution >= 4 is 38.6 Å². The number of hydrogen-bond donors (Lipinski definition) is 2. The number of halogens is 2. The third kappa shape index (κ3) is 4.60. The highest BCUT2D eigenvalue weighted by Crippen LogP contribution is 2.37. The molecule has 3 aromatic rings. The van der Waals surface area contributed by atoms with E-state index in [0.29, 0.717) is 34.9 Å². The summed E-state index contributed by atoms with van der Waals surface area (Å²) in [5.41, 5.74) is 0.690. The first-order valence-electron chi connectivity index (χ1n) is 10.9. The predicted octanol–water partition coefficient (Wildman–Crippen LogP) is 1.57. The Balaban J connectivity index is 1.63. The fourth-order valence-electron chi connectivity index (χ4n) is 3.87. The second-order valence-electron chi connectivity index (χ2n) is 8.73. The van der Waals surface area contributed by atoms with E-state index in [1.165, 1.54) is 29.9 Å². The zero-order valence-corrected chi connectivity index (χ0v) is 20.5. The van der Waals surface area contributed by atoms with Gasteiger partial charge in [-0.05, 0) is 25.8 Å². The van der Waals surface area contributed by atoms with Gasteiger partial charge in [0.25, 0.3) is 12.3 Å². The largest absolute Gasteiger partial charge is 0.365 e. The number of likely N-dealkylation sites (N-methyl/N-ethyl adjacent to an activating group) is 1. The molecule has 1 aliphatic heterocycles. The molecule has 188 valence electrons. The van der Waals surface area contributed by atoms with E-state index < -0.39 is 33.1 Å². The van der Waals surface area contributed by atoms with Crippen LogP contribution in [0.2, 0.25) is 0 Å². The van der Waals surface area contributed by atoms with E-state index in [4.69, 9.17) is 4.74 Å². The minimum Gasteiger partial charge on any atom is -0.365 e. The minimum atomic E-state index is -3.92. The lowest BCUT2D eigenvalue weighted by molar-refractivity contribution is -0.132. The number of carbonyl (C=O) groups excluding carboxylic acids is 1. The van der Waals surface area contributed by atoms with Crippen molar-refractivity contribution in [1.82, 2.24) is 29.6 Å². The summed E-state index contributed by atoms with van der Waals surface area (Å²) < 4.78 is 62.6. The predicted molar refractivity (Wildman–Crippen MR) is 123 cm³/mol. The molecule has 0 radical (unpaired) electrons. The van der Waals surface area contributed by atoms with Crippen molar-refractivity contribution < 1.29 is 26.7 Å². The van der Waals surface area contributed by atoms with Crippen LogP contribution < -0.4 is 14.9 Å². The molecular formula is C20H23F2N7O4S2. The molecule has 2 fully saturated rings. The molecule has 0 bridgehead atoms. The number of hydrogen-bond acceptors (Lipinski definition) is 9. The average Bonchev–Trinajstić information content (AvgIpc) is 3.21. The highest BCUT2D eigenvalue weighted by Gasteiger charge is 2.41. The van der Waals surface area contributed by atoms with E-state index in [0.717, 1.165) is 12.8 Å². The third-order valence-corrected chi connectivity index (χ3v) is 8.60. The van der Waals surface area contributed by atoms with Gasteiger partial charge in [0.1, 0.15) is 10.6 Å². The van der Waals surface area contributed by atoms with Crippen LogP contribution in [0.4, 0.5) is 14.5 Å². The molecular weight excluding hydrogens is 504 g/mol. The van der Waals surface area contributed by atoms with Crippen LogP contribution in [0.1, 0.15) is 31.2 Å². The van der Waals surface area contributed by atoms with Gasteiger partial charge in [0, 0.05) is 25.3 Å². The highest BCUT2D eigenvalue weighted by molar-refractivity contribution is 7.89. The summed E-state index contributed by atoms with van der Waals surface area (Å²) in [7, 11) is -2.41. The van der Waals surface area contributed by atoms with Crippen molar-refractivity contribution in [3.63, 3.8) is 0 Å². The number of nitrogens with zero attached hydrogens (tertiary/aromatic N) is 5. The molecule has 3 aromatic heterocycles. The summed E-state index contributed by atoms with van der Waals surface area (Å²) >= 11 is 0.711. The van der Waals surface area contributed by atoms with Crippen LogP contribution >= 0.6 is 11.3 Å². The quantitative estimate of drug-likeness (QED) is 0.474. The maximum Gasteiger partial charge on any atom is 0.291 e. The van der Waals surface area contributed by atoms with Crippen LogP contribution in [0.25, 0.3) is 16.3 Å². The molecule has 1 saturated carbocycles. The van der Waals surface area contributed by atoms with Crippen molar-refractivity contribution in [2.75, 3.05) is 31.6 Å². The van der Waals surface area contributed by atoms with Crippen LogP contribution in [-0.2, 0) is 19.6 Å². The number of rotatable bonds is 7. The number of pyridine rings is 1. The molecule has 1 aliphatic carbocycles. The number of carbonyl (C=O) groups is 1. The van der Waals surface area contributed by atoms with Crippen molar-refractivity contribution in [3.8, 4) is 10.7 Å². The second kappa shape index (κ2) is 8.72. The first kappa shape index (κ1) is 24.0. The molecule has 2 N–H and O–H groups in total. The van der Waals surface area contributed by atoms with Gasteiger partial charge in [0.15, 0.2) is 21.8 Å². The zero-order chi connectivity index (χ0) is 25.0. The summed E-state index contributed by atoms with van der Waals surface area (Å²) in [4.78, 5) is 18.4. The summed E-state index contributed by atoms with van der Waals surface area (Å²) in [6.45, 7) is 2.66. The lowest BCUT2D eigenvalue weighted by atomic mass is 10.2. The van der Waals surface area contributed by atoms with Gasteiger partial charge in [-0.3, -0.25) is 9.20 Å². The summed E-state index contributed by atoms with van der Waals surface area (Å²) in [5, 5.41) is 9.69. The normalized spacial score (nSPS) is 19.9. The molecule has 1 saturated heterocycles. The number of sulfonamides is 1. The number of alkyl halides is 2. The van der Waals surface area contributed by atoms with E-state index >= 15 is 0 Å². The van der Waals surface area contributed by atoms with E-state index in [9.17, 15) is 22.0 Å². The zero-order valence-electron chi connectivity index (χ0n) is 18.9. The molecule has 0 aromatic carbocycles. The molecule has 2 aliphatic rings. The topological polar surface area (TPSA) is 131 Å². The Labute approximate surface area is 203 Å². The van der Waals surface area contributed by atoms with Crippen LogP contribution in [0.15, 0.2) is 23.4 Å². The molecule has 1 atom stereocenters. The summed E-state index contributed by atoms with van der Waals surface area (Å²) in [6, 6.07) is 1.51. The molecule has 1 amide bonds. The Kier molecular flexibility index (Phi) is 5.97. The number of nitrogens with one attached hydrogen (secondary N) is 2. The van der Waals surface area contributed by atoms with Gasteiger partial charge in [-0.1, -0.05) is 11.3 Å². The van der Waals surface area contributed by atoms with Crippen LogP contribution in [-0.4, -0.2) is 72.3 Å². The fourth-order valence-corrected chi connectivity index (χ4v) is 6.06. The second-order valence-corrected chi connectivity index (χ2v) is 11.4. The van der Waals surface area contributed by atoms with Crippen molar-refractivity contribution in [2.45, 2.75) is 42.7 Å². The Hall–Kier alpha value is -2.75. The highest BCUT2D eigenvalue weighted by atomic mass is 32.2. The first-order chi connectivity index (χ1) is 16.6. The number of anilines is 1. The number of amides is 1. The maximum absolute atomic E-state index is 13.3. The monoisotopic (exact) mass is 527 g/mol. The fraction of sp³-hybridized carbons (Fsp3) is 0.500. The van der Waals surface area contributed by atoms with E-state index in [2.05, 4.69) is 25.2 Å². The molecule has 5 rings (SSSR count). The molecule has 15 heteroatoms. The summed E-state index contributed by atoms with van der Waals surface area (Å²) in [5.74, 6) is -0.296. The Morgan fingerprint density at radius 1 is 1.34 bits per heavy atom. The van der Waals surface area contributed by atoms with Gasteiger partial charge >= 0.3 is 0 Å². The maximum atomic E-state index is 13.3. The van der Waals surface area contributed by atoms with Gasteiger partial charge in [0.2, 0.25) is 10.0 Å². The van der Waals surface area contributed by atoms with Gasteiger partial charge in [-0.2, -0.15) is 0 Å². The minimum absolute atomic E-state index is 0.0195. The van der Waals surface area contributed by atoms with E-state index in [-0.39, 0.29) is 29.0 Å². The molecule has 4 heterocycles. The Morgan fingerprint density at radius 2 is 2.11 bits per heavy atom. The average molecular weight is 528 g/mol. The number of morpholine rings is 1. The van der Waals surface area contributed by atoms with Gasteiger partial charge in [-0.15, -0.1) is 10.2 Å². The number of ether oxygens (including phenoxy) is 1. The van der Waals surface area contributed by atoms with E-state index in [1.807, 2.05) is 11.8 Å². The Bertz CT molecular complexity index is 1390. The molecule has 0 unspecified atom stereocenters. The van der Waals surface area contributed by atoms with Crippen molar-refractivity contribution in [2.24, 2.45) is 0 Å². The van der Waals surface area contributed by atoms with Crippen LogP contribution in [0, 0.1) is 0 Å². The number of aromatic nitrogens is 4.